The van der Waals surface area contributed by atoms with E-state index in [0.717, 1.165) is 49.3 Å². The van der Waals surface area contributed by atoms with Gasteiger partial charge in [0.25, 0.3) is 0 Å². The third-order valence-electron chi connectivity index (χ3n) is 4.88. The average Bonchev–Trinajstić information content (AvgIpc) is 2.63. The van der Waals surface area contributed by atoms with Gasteiger partial charge in [0.1, 0.15) is 5.82 Å². The highest BCUT2D eigenvalue weighted by molar-refractivity contribution is 5.47. The molecule has 1 aliphatic carbocycles. The lowest BCUT2D eigenvalue weighted by Gasteiger charge is -2.24. The SMILES string of the molecule is C/C=C/CCC1CCc2cc(C#Cc3cccc(F)c3F)c(F)cc2C1. The van der Waals surface area contributed by atoms with Crippen molar-refractivity contribution in [3.63, 3.8) is 0 Å². The van der Waals surface area contributed by atoms with Crippen LogP contribution in [0.15, 0.2) is 42.5 Å². The molecule has 0 amide bonds. The first-order valence-corrected chi connectivity index (χ1v) is 8.97. The highest BCUT2D eigenvalue weighted by atomic mass is 19.2. The summed E-state index contributed by atoms with van der Waals surface area (Å²) in [6.07, 6.45) is 9.27. The van der Waals surface area contributed by atoms with Gasteiger partial charge < -0.3 is 0 Å². The molecule has 0 aromatic heterocycles. The summed E-state index contributed by atoms with van der Waals surface area (Å²) in [4.78, 5) is 0. The van der Waals surface area contributed by atoms with Crippen LogP contribution in [0.3, 0.4) is 0 Å². The van der Waals surface area contributed by atoms with Gasteiger partial charge in [-0.3, -0.25) is 0 Å². The first kappa shape index (κ1) is 18.3. The van der Waals surface area contributed by atoms with Gasteiger partial charge in [-0.1, -0.05) is 30.1 Å². The van der Waals surface area contributed by atoms with Gasteiger partial charge >= 0.3 is 0 Å². The van der Waals surface area contributed by atoms with Crippen molar-refractivity contribution in [3.8, 4) is 11.8 Å². The molecule has 0 radical (unpaired) electrons. The molecule has 0 spiro atoms. The number of fused-ring (bicyclic) bond motifs is 1. The molecule has 0 heterocycles. The molecular weight excluding hydrogens is 333 g/mol. The Morgan fingerprint density at radius 1 is 1.04 bits per heavy atom. The minimum absolute atomic E-state index is 0.0637. The van der Waals surface area contributed by atoms with Crippen molar-refractivity contribution >= 4 is 0 Å². The lowest BCUT2D eigenvalue weighted by Crippen LogP contribution is -2.15. The quantitative estimate of drug-likeness (QED) is 0.471. The highest BCUT2D eigenvalue weighted by Crippen LogP contribution is 2.30. The summed E-state index contributed by atoms with van der Waals surface area (Å²) in [7, 11) is 0. The van der Waals surface area contributed by atoms with E-state index < -0.39 is 17.5 Å². The fourth-order valence-electron chi connectivity index (χ4n) is 3.43. The van der Waals surface area contributed by atoms with E-state index in [4.69, 9.17) is 0 Å². The molecule has 134 valence electrons. The third-order valence-corrected chi connectivity index (χ3v) is 4.88. The summed E-state index contributed by atoms with van der Waals surface area (Å²) in [5, 5.41) is 0. The second-order valence-electron chi connectivity index (χ2n) is 6.71. The monoisotopic (exact) mass is 354 g/mol. The predicted octanol–water partition coefficient (Wildman–Crippen LogP) is 5.96. The summed E-state index contributed by atoms with van der Waals surface area (Å²) in [6.45, 7) is 2.02. The molecule has 0 aliphatic heterocycles. The minimum atomic E-state index is -0.998. The van der Waals surface area contributed by atoms with Gasteiger partial charge in [0, 0.05) is 0 Å². The van der Waals surface area contributed by atoms with E-state index in [1.54, 1.807) is 12.1 Å². The van der Waals surface area contributed by atoms with E-state index in [9.17, 15) is 13.2 Å². The van der Waals surface area contributed by atoms with Crippen LogP contribution in [0.1, 0.15) is 48.4 Å². The van der Waals surface area contributed by atoms with Gasteiger partial charge in [0.05, 0.1) is 11.1 Å². The smallest absolute Gasteiger partial charge is 0.174 e. The Bertz CT molecular complexity index is 884. The van der Waals surface area contributed by atoms with Crippen LogP contribution >= 0.6 is 0 Å². The Balaban J connectivity index is 1.80. The van der Waals surface area contributed by atoms with Gasteiger partial charge in [-0.15, -0.1) is 0 Å². The molecular formula is C23H21F3. The Kier molecular flexibility index (Phi) is 5.83. The normalized spacial score (nSPS) is 16.2. The first-order valence-electron chi connectivity index (χ1n) is 8.97. The Morgan fingerprint density at radius 3 is 2.65 bits per heavy atom. The van der Waals surface area contributed by atoms with Crippen molar-refractivity contribution in [1.29, 1.82) is 0 Å². The van der Waals surface area contributed by atoms with Crippen LogP contribution in [0.4, 0.5) is 13.2 Å². The molecule has 3 heteroatoms. The van der Waals surface area contributed by atoms with Crippen molar-refractivity contribution < 1.29 is 13.2 Å². The van der Waals surface area contributed by atoms with Crippen molar-refractivity contribution in [2.75, 3.05) is 0 Å². The number of allylic oxidation sites excluding steroid dienone is 2. The number of hydrogen-bond donors (Lipinski definition) is 0. The Morgan fingerprint density at radius 2 is 1.85 bits per heavy atom. The molecule has 0 nitrogen and oxygen atoms in total. The summed E-state index contributed by atoms with van der Waals surface area (Å²) < 4.78 is 41.3. The van der Waals surface area contributed by atoms with E-state index in [0.29, 0.717) is 5.92 Å². The fraction of sp³-hybridized carbons (Fsp3) is 0.304. The van der Waals surface area contributed by atoms with Crippen LogP contribution in [0.5, 0.6) is 0 Å². The molecule has 0 saturated heterocycles. The Labute approximate surface area is 152 Å². The van der Waals surface area contributed by atoms with Crippen LogP contribution in [0, 0.1) is 35.2 Å². The van der Waals surface area contributed by atoms with Crippen molar-refractivity contribution in [2.45, 2.75) is 39.0 Å². The highest BCUT2D eigenvalue weighted by Gasteiger charge is 2.20. The molecule has 0 N–H and O–H groups in total. The fourth-order valence-corrected chi connectivity index (χ4v) is 3.43. The number of aryl methyl sites for hydroxylation is 1. The molecule has 1 atom stereocenters. The maximum Gasteiger partial charge on any atom is 0.174 e. The zero-order valence-corrected chi connectivity index (χ0v) is 14.8. The molecule has 0 saturated carbocycles. The van der Waals surface area contributed by atoms with Crippen LogP contribution in [0.2, 0.25) is 0 Å². The standard InChI is InChI=1S/C23H21F3/c1-2-3-4-6-16-9-10-18-14-19(22(25)15-20(18)13-16)12-11-17-7-5-8-21(24)23(17)26/h2-3,5,7-8,14-16H,4,6,9-10,13H2,1H3/b3-2+. The number of halogens is 3. The van der Waals surface area contributed by atoms with Crippen LogP contribution in [-0.4, -0.2) is 0 Å². The van der Waals surface area contributed by atoms with Crippen LogP contribution < -0.4 is 0 Å². The molecule has 1 unspecified atom stereocenters. The average molecular weight is 354 g/mol. The van der Waals surface area contributed by atoms with E-state index in [-0.39, 0.29) is 11.1 Å². The second kappa shape index (κ2) is 8.27. The lowest BCUT2D eigenvalue weighted by molar-refractivity contribution is 0.428. The molecule has 1 aliphatic rings. The van der Waals surface area contributed by atoms with E-state index in [1.807, 2.05) is 6.92 Å². The summed E-state index contributed by atoms with van der Waals surface area (Å²) in [5.74, 6) is 3.44. The molecule has 26 heavy (non-hydrogen) atoms. The molecule has 3 rings (SSSR count). The lowest BCUT2D eigenvalue weighted by atomic mass is 9.81. The number of rotatable bonds is 3. The van der Waals surface area contributed by atoms with Gasteiger partial charge in [-0.05, 0) is 80.3 Å². The second-order valence-corrected chi connectivity index (χ2v) is 6.71. The van der Waals surface area contributed by atoms with E-state index in [1.165, 1.54) is 12.1 Å². The van der Waals surface area contributed by atoms with Gasteiger partial charge in [0.2, 0.25) is 0 Å². The van der Waals surface area contributed by atoms with E-state index in [2.05, 4.69) is 24.0 Å². The summed E-state index contributed by atoms with van der Waals surface area (Å²) in [6, 6.07) is 7.13. The minimum Gasteiger partial charge on any atom is -0.206 e. The third kappa shape index (κ3) is 4.19. The maximum atomic E-state index is 14.4. The zero-order chi connectivity index (χ0) is 18.5. The molecule has 2 aromatic carbocycles. The van der Waals surface area contributed by atoms with Crippen molar-refractivity contribution in [3.05, 3.63) is 82.2 Å². The van der Waals surface area contributed by atoms with Crippen LogP contribution in [0.25, 0.3) is 0 Å². The number of hydrogen-bond acceptors (Lipinski definition) is 0. The zero-order valence-electron chi connectivity index (χ0n) is 14.8. The van der Waals surface area contributed by atoms with E-state index >= 15 is 0 Å². The van der Waals surface area contributed by atoms with Gasteiger partial charge in [0.15, 0.2) is 11.6 Å². The van der Waals surface area contributed by atoms with Crippen molar-refractivity contribution in [2.24, 2.45) is 5.92 Å². The predicted molar refractivity (Wildman–Crippen MR) is 98.3 cm³/mol. The van der Waals surface area contributed by atoms with Gasteiger partial charge in [-0.25, -0.2) is 13.2 Å². The maximum absolute atomic E-state index is 14.4. The first-order chi connectivity index (χ1) is 12.6. The van der Waals surface area contributed by atoms with Gasteiger partial charge in [-0.2, -0.15) is 0 Å². The topological polar surface area (TPSA) is 0 Å². The largest absolute Gasteiger partial charge is 0.206 e. The molecule has 2 aromatic rings. The van der Waals surface area contributed by atoms with Crippen molar-refractivity contribution in [1.82, 2.24) is 0 Å². The van der Waals surface area contributed by atoms with Crippen LogP contribution in [-0.2, 0) is 12.8 Å². The summed E-state index contributed by atoms with van der Waals surface area (Å²) >= 11 is 0. The molecule has 0 bridgehead atoms. The number of benzene rings is 2. The Hall–Kier alpha value is -2.47. The molecule has 0 fully saturated rings. The summed E-state index contributed by atoms with van der Waals surface area (Å²) in [5.41, 5.74) is 2.32.